The fourth-order valence-corrected chi connectivity index (χ4v) is 18.8. The molecule has 0 unspecified atom stereocenters. The minimum atomic E-state index is -0.568. The van der Waals surface area contributed by atoms with E-state index < -0.39 is 5.41 Å². The summed E-state index contributed by atoms with van der Waals surface area (Å²) >= 11 is 1.98. The van der Waals surface area contributed by atoms with Gasteiger partial charge in [0.2, 0.25) is 6.71 Å². The van der Waals surface area contributed by atoms with Gasteiger partial charge in [0.1, 0.15) is 0 Å². The van der Waals surface area contributed by atoms with Gasteiger partial charge in [0, 0.05) is 70.8 Å². The van der Waals surface area contributed by atoms with Crippen LogP contribution in [0.15, 0.2) is 350 Å². The smallest absolute Gasteiger partial charge is 0.249 e. The van der Waals surface area contributed by atoms with E-state index in [-0.39, 0.29) is 6.71 Å². The topological polar surface area (TPSA) is 13.1 Å². The van der Waals surface area contributed by atoms with E-state index >= 15 is 0 Å². The largest absolute Gasteiger partial charge is 0.310 e. The van der Waals surface area contributed by atoms with Crippen molar-refractivity contribution in [3.8, 4) is 78.1 Å². The summed E-state index contributed by atoms with van der Waals surface area (Å²) in [5.41, 5.74) is 33.7. The van der Waals surface area contributed by atoms with E-state index in [2.05, 4.69) is 354 Å². The van der Waals surface area contributed by atoms with Gasteiger partial charge in [-0.05, 0) is 144 Å². The number of aromatic nitrogens is 2. The van der Waals surface area contributed by atoms with Crippen molar-refractivity contribution in [2.24, 2.45) is 0 Å². The van der Waals surface area contributed by atoms with Gasteiger partial charge in [-0.2, -0.15) is 0 Å². The molecule has 0 N–H and O–H groups in total. The average Bonchev–Trinajstić information content (AvgIpc) is 1.46. The quantitative estimate of drug-likeness (QED) is 0.148. The van der Waals surface area contributed by atoms with Crippen LogP contribution < -0.4 is 21.3 Å². The number of benzene rings is 15. The van der Waals surface area contributed by atoms with E-state index in [0.29, 0.717) is 0 Å². The summed E-state index contributed by atoms with van der Waals surface area (Å²) in [4.78, 5) is 5.25. The van der Waals surface area contributed by atoms with Crippen LogP contribution in [-0.4, -0.2) is 15.8 Å². The number of para-hydroxylation sites is 5. The van der Waals surface area contributed by atoms with Crippen LogP contribution in [0.5, 0.6) is 0 Å². The van der Waals surface area contributed by atoms with E-state index in [4.69, 9.17) is 0 Å². The summed E-state index contributed by atoms with van der Waals surface area (Å²) in [6, 6.07) is 128. The molecule has 0 saturated heterocycles. The standard InChI is InChI=1S/C91H56BN3S/c1-4-24-57(25-5-1)60-30-22-31-61(52-60)62-46-48-76-73(53-62)87-77(91(76)74-40-16-10-32-67(74)68-33-11-17-41-75(68)91)49-51-79-90(87)96-86-56-64(94-82-44-20-14-36-71(82)72-37-15-21-45-83(72)94)55-85-88(86)92(79)78-50-47-63(93-80-42-18-12-34-69(80)70-35-13-19-43-81(70)93)54-84(78)95(85)89-65(58-26-6-2-7-27-58)38-23-39-66(89)59-28-8-3-9-29-59/h1-56H. The Morgan fingerprint density at radius 2 is 0.719 bits per heavy atom. The summed E-state index contributed by atoms with van der Waals surface area (Å²) < 4.78 is 5.04. The van der Waals surface area contributed by atoms with E-state index in [9.17, 15) is 0 Å². The molecule has 2 aromatic heterocycles. The van der Waals surface area contributed by atoms with Crippen LogP contribution in [0.25, 0.3) is 122 Å². The Kier molecular flexibility index (Phi) is 11.5. The molecule has 0 amide bonds. The van der Waals surface area contributed by atoms with Crippen molar-refractivity contribution >= 4 is 95.5 Å². The highest BCUT2D eigenvalue weighted by atomic mass is 32.2. The second-order valence-corrected chi connectivity index (χ2v) is 27.2. The third-order valence-electron chi connectivity index (χ3n) is 21.4. The first-order chi connectivity index (χ1) is 47.7. The number of fused-ring (bicyclic) bond motifs is 21. The first-order valence-corrected chi connectivity index (χ1v) is 34.2. The van der Waals surface area contributed by atoms with Crippen molar-refractivity contribution in [1.82, 2.24) is 9.13 Å². The van der Waals surface area contributed by atoms with Crippen LogP contribution in [0.1, 0.15) is 22.3 Å². The Morgan fingerprint density at radius 1 is 0.281 bits per heavy atom. The zero-order chi connectivity index (χ0) is 62.7. The van der Waals surface area contributed by atoms with Crippen LogP contribution in [-0.2, 0) is 5.41 Å². The van der Waals surface area contributed by atoms with Gasteiger partial charge in [-0.15, -0.1) is 0 Å². The summed E-state index contributed by atoms with van der Waals surface area (Å²) in [5.74, 6) is 0. The number of hydrogen-bond donors (Lipinski definition) is 0. The third kappa shape index (κ3) is 7.46. The van der Waals surface area contributed by atoms with Crippen molar-refractivity contribution in [2.45, 2.75) is 15.2 Å². The molecule has 4 aliphatic rings. The van der Waals surface area contributed by atoms with Crippen molar-refractivity contribution in [3.63, 3.8) is 0 Å². The maximum absolute atomic E-state index is 2.69. The second-order valence-electron chi connectivity index (χ2n) is 26.1. The molecular weight excluding hydrogens is 1180 g/mol. The van der Waals surface area contributed by atoms with Gasteiger partial charge in [0.25, 0.3) is 0 Å². The monoisotopic (exact) mass is 1230 g/mol. The molecule has 4 heterocycles. The summed E-state index contributed by atoms with van der Waals surface area (Å²) in [7, 11) is 0. The molecule has 0 bridgehead atoms. The van der Waals surface area contributed by atoms with Crippen molar-refractivity contribution < 1.29 is 0 Å². The molecule has 444 valence electrons. The van der Waals surface area contributed by atoms with Crippen LogP contribution in [0.3, 0.4) is 0 Å². The molecule has 0 saturated carbocycles. The van der Waals surface area contributed by atoms with Crippen LogP contribution in [0.2, 0.25) is 0 Å². The van der Waals surface area contributed by atoms with Gasteiger partial charge in [0.15, 0.2) is 0 Å². The first-order valence-electron chi connectivity index (χ1n) is 33.3. The van der Waals surface area contributed by atoms with Crippen molar-refractivity contribution in [3.05, 3.63) is 362 Å². The fraction of sp³-hybridized carbons (Fsp3) is 0.0110. The molecule has 2 aliphatic carbocycles. The molecule has 3 nitrogen and oxygen atoms in total. The molecule has 2 aliphatic heterocycles. The number of anilines is 3. The first kappa shape index (κ1) is 53.6. The molecule has 0 fully saturated rings. The van der Waals surface area contributed by atoms with E-state index in [1.807, 2.05) is 11.8 Å². The second kappa shape index (κ2) is 20.6. The Balaban J connectivity index is 0.900. The molecule has 15 aromatic carbocycles. The summed E-state index contributed by atoms with van der Waals surface area (Å²) in [6.45, 7) is -0.167. The van der Waals surface area contributed by atoms with Gasteiger partial charge in [-0.3, -0.25) is 0 Å². The maximum atomic E-state index is 2.69. The summed E-state index contributed by atoms with van der Waals surface area (Å²) in [5, 5.41) is 4.94. The average molecular weight is 1230 g/mol. The lowest BCUT2D eigenvalue weighted by Crippen LogP contribution is -2.60. The molecule has 17 aromatic rings. The zero-order valence-corrected chi connectivity index (χ0v) is 53.0. The van der Waals surface area contributed by atoms with Crippen molar-refractivity contribution in [2.75, 3.05) is 4.90 Å². The Labute approximate surface area is 561 Å². The minimum absolute atomic E-state index is 0.167. The molecule has 96 heavy (non-hydrogen) atoms. The minimum Gasteiger partial charge on any atom is -0.310 e. The predicted molar refractivity (Wildman–Crippen MR) is 403 cm³/mol. The Hall–Kier alpha value is -11.9. The predicted octanol–water partition coefficient (Wildman–Crippen LogP) is 21.7. The number of rotatable bonds is 7. The van der Waals surface area contributed by atoms with Gasteiger partial charge >= 0.3 is 0 Å². The number of nitrogens with zero attached hydrogens (tertiary/aromatic N) is 3. The molecular formula is C91H56BN3S. The van der Waals surface area contributed by atoms with Crippen LogP contribution >= 0.6 is 11.8 Å². The van der Waals surface area contributed by atoms with Gasteiger partial charge in [-0.25, -0.2) is 0 Å². The lowest BCUT2D eigenvalue weighted by Gasteiger charge is -2.42. The lowest BCUT2D eigenvalue weighted by atomic mass is 9.34. The van der Waals surface area contributed by atoms with E-state index in [0.717, 1.165) is 50.7 Å². The van der Waals surface area contributed by atoms with Gasteiger partial charge < -0.3 is 14.0 Å². The fourth-order valence-electron chi connectivity index (χ4n) is 17.5. The third-order valence-corrected chi connectivity index (χ3v) is 22.6. The molecule has 21 rings (SSSR count). The summed E-state index contributed by atoms with van der Waals surface area (Å²) in [6.07, 6.45) is 0. The van der Waals surface area contributed by atoms with Gasteiger partial charge in [-0.1, -0.05) is 296 Å². The molecule has 1 spiro atoms. The SMILES string of the molecule is c1ccc(-c2cccc(-c3ccc4c(c3)-c3c(ccc5c3Sc3cc(-n6c7ccccc7c7ccccc76)cc6c3B5c3ccc(-n5c7ccccc7c7ccccc75)cc3N6c3c(-c5ccccc5)cccc3-c3ccccc3)C43c4ccccc4-c4ccccc43)c2)cc1. The zero-order valence-electron chi connectivity index (χ0n) is 52.2. The van der Waals surface area contributed by atoms with Crippen molar-refractivity contribution in [1.29, 1.82) is 0 Å². The van der Waals surface area contributed by atoms with Crippen LogP contribution in [0.4, 0.5) is 17.1 Å². The highest BCUT2D eigenvalue weighted by molar-refractivity contribution is 8.00. The molecule has 5 heteroatoms. The highest BCUT2D eigenvalue weighted by Gasteiger charge is 2.54. The number of hydrogen-bond acceptors (Lipinski definition) is 2. The lowest BCUT2D eigenvalue weighted by molar-refractivity contribution is 0.793. The Morgan fingerprint density at radius 3 is 1.31 bits per heavy atom. The van der Waals surface area contributed by atoms with E-state index in [1.54, 1.807) is 0 Å². The van der Waals surface area contributed by atoms with Gasteiger partial charge in [0.05, 0.1) is 33.2 Å². The van der Waals surface area contributed by atoms with Crippen LogP contribution in [0, 0.1) is 0 Å². The Bertz CT molecular complexity index is 5930. The maximum Gasteiger partial charge on any atom is 0.249 e. The van der Waals surface area contributed by atoms with E-state index in [1.165, 1.54) is 137 Å². The normalized spacial score (nSPS) is 13.4. The molecule has 0 atom stereocenters. The highest BCUT2D eigenvalue weighted by Crippen LogP contribution is 2.65. The molecule has 0 radical (unpaired) electrons.